The number of likely N-dealkylation sites (tertiary alicyclic amines) is 1. The van der Waals surface area contributed by atoms with E-state index in [1.54, 1.807) is 0 Å². The van der Waals surface area contributed by atoms with Crippen LogP contribution in [0.3, 0.4) is 0 Å². The fourth-order valence-corrected chi connectivity index (χ4v) is 2.33. The summed E-state index contributed by atoms with van der Waals surface area (Å²) in [6.07, 6.45) is 1.48. The smallest absolute Gasteiger partial charge is 0.222 e. The molecule has 1 fully saturated rings. The molecule has 0 radical (unpaired) electrons. The molecule has 0 spiro atoms. The number of hydrogen-bond donors (Lipinski definition) is 1. The maximum Gasteiger partial charge on any atom is 0.222 e. The van der Waals surface area contributed by atoms with Crippen molar-refractivity contribution in [1.82, 2.24) is 4.90 Å². The molecule has 4 heteroatoms. The molecule has 0 saturated carbocycles. The number of amides is 1. The van der Waals surface area contributed by atoms with E-state index < -0.39 is 0 Å². The SMILES string of the molecule is Nc1ccc(CCN2CC(CCl)CC2=O)cc1. The third-order valence-corrected chi connectivity index (χ3v) is 3.60. The van der Waals surface area contributed by atoms with E-state index >= 15 is 0 Å². The molecular weight excluding hydrogens is 236 g/mol. The summed E-state index contributed by atoms with van der Waals surface area (Å²) in [5.74, 6) is 1.13. The van der Waals surface area contributed by atoms with Crippen LogP contribution < -0.4 is 5.73 Å². The first-order valence-electron chi connectivity index (χ1n) is 5.87. The molecule has 1 aromatic carbocycles. The predicted octanol–water partition coefficient (Wildman–Crippen LogP) is 1.90. The molecule has 17 heavy (non-hydrogen) atoms. The highest BCUT2D eigenvalue weighted by atomic mass is 35.5. The number of rotatable bonds is 4. The van der Waals surface area contributed by atoms with Gasteiger partial charge in [0.2, 0.25) is 5.91 Å². The number of nitrogens with zero attached hydrogens (tertiary/aromatic N) is 1. The first-order chi connectivity index (χ1) is 8.19. The summed E-state index contributed by atoms with van der Waals surface area (Å²) in [6.45, 7) is 1.58. The van der Waals surface area contributed by atoms with E-state index in [2.05, 4.69) is 0 Å². The largest absolute Gasteiger partial charge is 0.399 e. The van der Waals surface area contributed by atoms with E-state index in [4.69, 9.17) is 17.3 Å². The van der Waals surface area contributed by atoms with E-state index in [-0.39, 0.29) is 5.91 Å². The standard InChI is InChI=1S/C13H17ClN2O/c14-8-11-7-13(17)16(9-11)6-5-10-1-3-12(15)4-2-10/h1-4,11H,5-9,15H2. The molecular formula is C13H17ClN2O. The van der Waals surface area contributed by atoms with Crippen molar-refractivity contribution in [2.24, 2.45) is 5.92 Å². The lowest BCUT2D eigenvalue weighted by atomic mass is 10.1. The maximum atomic E-state index is 11.7. The van der Waals surface area contributed by atoms with Crippen molar-refractivity contribution in [3.63, 3.8) is 0 Å². The lowest BCUT2D eigenvalue weighted by Gasteiger charge is -2.16. The Bertz CT molecular complexity index is 391. The Morgan fingerprint density at radius 1 is 1.35 bits per heavy atom. The summed E-state index contributed by atoms with van der Waals surface area (Å²) in [5, 5.41) is 0. The molecule has 1 aliphatic heterocycles. The van der Waals surface area contributed by atoms with Crippen LogP contribution in [0.4, 0.5) is 5.69 Å². The Morgan fingerprint density at radius 3 is 2.65 bits per heavy atom. The van der Waals surface area contributed by atoms with Crippen molar-refractivity contribution in [1.29, 1.82) is 0 Å². The highest BCUT2D eigenvalue weighted by molar-refractivity contribution is 6.18. The number of nitrogens with two attached hydrogens (primary N) is 1. The van der Waals surface area contributed by atoms with Gasteiger partial charge in [-0.3, -0.25) is 4.79 Å². The minimum absolute atomic E-state index is 0.228. The number of benzene rings is 1. The molecule has 0 aliphatic carbocycles. The molecule has 1 aliphatic rings. The molecule has 0 aromatic heterocycles. The van der Waals surface area contributed by atoms with Gasteiger partial charge in [-0.1, -0.05) is 12.1 Å². The normalized spacial score (nSPS) is 19.9. The highest BCUT2D eigenvalue weighted by Gasteiger charge is 2.28. The van der Waals surface area contributed by atoms with Crippen LogP contribution >= 0.6 is 11.6 Å². The Morgan fingerprint density at radius 2 is 2.06 bits per heavy atom. The van der Waals surface area contributed by atoms with Crippen LogP contribution in [0.25, 0.3) is 0 Å². The zero-order valence-corrected chi connectivity index (χ0v) is 10.5. The number of carbonyl (C=O) groups is 1. The van der Waals surface area contributed by atoms with E-state index in [9.17, 15) is 4.79 Å². The lowest BCUT2D eigenvalue weighted by molar-refractivity contribution is -0.127. The molecule has 1 amide bonds. The molecule has 2 rings (SSSR count). The topological polar surface area (TPSA) is 46.3 Å². The molecule has 1 aromatic rings. The van der Waals surface area contributed by atoms with Crippen molar-refractivity contribution in [3.05, 3.63) is 29.8 Å². The molecule has 1 atom stereocenters. The van der Waals surface area contributed by atoms with Crippen molar-refractivity contribution in [3.8, 4) is 0 Å². The second-order valence-electron chi connectivity index (χ2n) is 4.56. The number of anilines is 1. The molecule has 2 N–H and O–H groups in total. The Kier molecular flexibility index (Phi) is 3.89. The molecule has 1 unspecified atom stereocenters. The third-order valence-electron chi connectivity index (χ3n) is 3.16. The van der Waals surface area contributed by atoms with Gasteiger partial charge in [-0.15, -0.1) is 11.6 Å². The minimum Gasteiger partial charge on any atom is -0.399 e. The van der Waals surface area contributed by atoms with Gasteiger partial charge in [0, 0.05) is 31.1 Å². The van der Waals surface area contributed by atoms with Gasteiger partial charge in [0.25, 0.3) is 0 Å². The molecule has 3 nitrogen and oxygen atoms in total. The minimum atomic E-state index is 0.228. The summed E-state index contributed by atoms with van der Waals surface area (Å²) in [4.78, 5) is 13.6. The van der Waals surface area contributed by atoms with Crippen LogP contribution in [0, 0.1) is 5.92 Å². The third kappa shape index (κ3) is 3.13. The first-order valence-corrected chi connectivity index (χ1v) is 6.40. The second-order valence-corrected chi connectivity index (χ2v) is 4.86. The average molecular weight is 253 g/mol. The van der Waals surface area contributed by atoms with Crippen LogP contribution in [0.2, 0.25) is 0 Å². The summed E-state index contributed by atoms with van der Waals surface area (Å²) < 4.78 is 0. The van der Waals surface area contributed by atoms with Crippen molar-refractivity contribution in [2.75, 3.05) is 24.7 Å². The van der Waals surface area contributed by atoms with E-state index in [0.717, 1.165) is 25.2 Å². The van der Waals surface area contributed by atoms with Crippen LogP contribution in [-0.4, -0.2) is 29.8 Å². The fraction of sp³-hybridized carbons (Fsp3) is 0.462. The Labute approximate surface area is 107 Å². The van der Waals surface area contributed by atoms with Gasteiger partial charge in [0.05, 0.1) is 0 Å². The van der Waals surface area contributed by atoms with Crippen molar-refractivity contribution < 1.29 is 4.79 Å². The summed E-state index contributed by atoms with van der Waals surface area (Å²) in [6, 6.07) is 7.80. The molecule has 1 saturated heterocycles. The van der Waals surface area contributed by atoms with Gasteiger partial charge in [-0.2, -0.15) is 0 Å². The van der Waals surface area contributed by atoms with Crippen LogP contribution in [0.1, 0.15) is 12.0 Å². The van der Waals surface area contributed by atoms with E-state index in [0.29, 0.717) is 18.2 Å². The quantitative estimate of drug-likeness (QED) is 0.657. The number of halogens is 1. The molecule has 1 heterocycles. The molecule has 0 bridgehead atoms. The Balaban J connectivity index is 1.86. The summed E-state index contributed by atoms with van der Waals surface area (Å²) >= 11 is 5.78. The summed E-state index contributed by atoms with van der Waals surface area (Å²) in [7, 11) is 0. The Hall–Kier alpha value is -1.22. The van der Waals surface area contributed by atoms with Gasteiger partial charge >= 0.3 is 0 Å². The van der Waals surface area contributed by atoms with Crippen LogP contribution in [-0.2, 0) is 11.2 Å². The first kappa shape index (κ1) is 12.2. The van der Waals surface area contributed by atoms with Crippen LogP contribution in [0.15, 0.2) is 24.3 Å². The zero-order valence-electron chi connectivity index (χ0n) is 9.73. The van der Waals surface area contributed by atoms with Gasteiger partial charge in [0.1, 0.15) is 0 Å². The van der Waals surface area contributed by atoms with Gasteiger partial charge < -0.3 is 10.6 Å². The fourth-order valence-electron chi connectivity index (χ4n) is 2.12. The van der Waals surface area contributed by atoms with E-state index in [1.165, 1.54) is 5.56 Å². The monoisotopic (exact) mass is 252 g/mol. The number of hydrogen-bond acceptors (Lipinski definition) is 2. The number of alkyl halides is 1. The van der Waals surface area contributed by atoms with Gasteiger partial charge in [-0.25, -0.2) is 0 Å². The predicted molar refractivity (Wildman–Crippen MR) is 70.0 cm³/mol. The van der Waals surface area contributed by atoms with Crippen molar-refractivity contribution in [2.45, 2.75) is 12.8 Å². The average Bonchev–Trinajstić information content (AvgIpc) is 2.69. The number of carbonyl (C=O) groups excluding carboxylic acids is 1. The van der Waals surface area contributed by atoms with E-state index in [1.807, 2.05) is 29.2 Å². The van der Waals surface area contributed by atoms with Crippen LogP contribution in [0.5, 0.6) is 0 Å². The van der Waals surface area contributed by atoms with Gasteiger partial charge in [0.15, 0.2) is 0 Å². The van der Waals surface area contributed by atoms with Crippen molar-refractivity contribution >= 4 is 23.2 Å². The van der Waals surface area contributed by atoms with Gasteiger partial charge in [-0.05, 0) is 30.0 Å². The second kappa shape index (κ2) is 5.41. The number of nitrogen functional groups attached to an aromatic ring is 1. The maximum absolute atomic E-state index is 11.7. The zero-order chi connectivity index (χ0) is 12.3. The highest BCUT2D eigenvalue weighted by Crippen LogP contribution is 2.19. The lowest BCUT2D eigenvalue weighted by Crippen LogP contribution is -2.27. The summed E-state index contributed by atoms with van der Waals surface area (Å²) in [5.41, 5.74) is 7.61. The molecule has 92 valence electrons.